The number of rotatable bonds is 8. The van der Waals surface area contributed by atoms with Crippen molar-refractivity contribution in [1.82, 2.24) is 5.32 Å². The van der Waals surface area contributed by atoms with Crippen molar-refractivity contribution < 1.29 is 17.9 Å². The smallest absolute Gasteiger partial charge is 0.244 e. The predicted molar refractivity (Wildman–Crippen MR) is 122 cm³/mol. The summed E-state index contributed by atoms with van der Waals surface area (Å²) in [6, 6.07) is 9.72. The highest BCUT2D eigenvalue weighted by Gasteiger charge is 2.32. The highest BCUT2D eigenvalue weighted by molar-refractivity contribution is 7.92. The molecule has 0 aliphatic heterocycles. The summed E-state index contributed by atoms with van der Waals surface area (Å²) in [5.41, 5.74) is 4.89. The van der Waals surface area contributed by atoms with E-state index in [1.54, 1.807) is 38.3 Å². The van der Waals surface area contributed by atoms with Gasteiger partial charge in [0, 0.05) is 0 Å². The highest BCUT2D eigenvalue weighted by atomic mass is 32.2. The van der Waals surface area contributed by atoms with Crippen LogP contribution in [0.15, 0.2) is 36.4 Å². The van der Waals surface area contributed by atoms with Crippen LogP contribution in [-0.4, -0.2) is 33.7 Å². The van der Waals surface area contributed by atoms with Crippen LogP contribution in [-0.2, 0) is 14.8 Å². The second kappa shape index (κ2) is 9.51. The SMILES string of the molecule is CC[C@@H](C(=O)N[C@@H](C)c1cc(C)c(C)cc1C)N(c1ccc(OC)cc1)S(C)(=O)=O. The Hall–Kier alpha value is -2.54. The van der Waals surface area contributed by atoms with Crippen molar-refractivity contribution in [2.24, 2.45) is 0 Å². The summed E-state index contributed by atoms with van der Waals surface area (Å²) >= 11 is 0. The van der Waals surface area contributed by atoms with Crippen molar-refractivity contribution >= 4 is 21.6 Å². The van der Waals surface area contributed by atoms with E-state index in [0.29, 0.717) is 17.9 Å². The van der Waals surface area contributed by atoms with Gasteiger partial charge >= 0.3 is 0 Å². The Bertz CT molecular complexity index is 1000. The molecule has 0 bridgehead atoms. The largest absolute Gasteiger partial charge is 0.497 e. The Balaban J connectivity index is 2.34. The summed E-state index contributed by atoms with van der Waals surface area (Å²) in [6.07, 6.45) is 1.45. The Morgan fingerprint density at radius 2 is 1.63 bits per heavy atom. The number of carbonyl (C=O) groups excluding carboxylic acids is 1. The number of sulfonamides is 1. The molecule has 0 aliphatic rings. The molecule has 0 unspecified atom stereocenters. The van der Waals surface area contributed by atoms with E-state index in [9.17, 15) is 13.2 Å². The van der Waals surface area contributed by atoms with E-state index in [1.165, 1.54) is 9.87 Å². The summed E-state index contributed by atoms with van der Waals surface area (Å²) in [6.45, 7) is 9.83. The average molecular weight is 433 g/mol. The fraction of sp³-hybridized carbons (Fsp3) is 0.435. The molecular weight excluding hydrogens is 400 g/mol. The zero-order chi connectivity index (χ0) is 22.6. The number of amides is 1. The molecule has 164 valence electrons. The number of carbonyl (C=O) groups is 1. The van der Waals surface area contributed by atoms with E-state index in [1.807, 2.05) is 20.8 Å². The summed E-state index contributed by atoms with van der Waals surface area (Å²) in [4.78, 5) is 13.2. The van der Waals surface area contributed by atoms with Gasteiger partial charge in [-0.2, -0.15) is 0 Å². The van der Waals surface area contributed by atoms with Crippen molar-refractivity contribution in [1.29, 1.82) is 0 Å². The van der Waals surface area contributed by atoms with Crippen LogP contribution < -0.4 is 14.4 Å². The fourth-order valence-electron chi connectivity index (χ4n) is 3.63. The molecule has 0 aromatic heterocycles. The maximum absolute atomic E-state index is 13.2. The molecule has 0 saturated heterocycles. The molecule has 2 rings (SSSR count). The van der Waals surface area contributed by atoms with Crippen LogP contribution in [0.3, 0.4) is 0 Å². The summed E-state index contributed by atoms with van der Waals surface area (Å²) in [7, 11) is -2.14. The van der Waals surface area contributed by atoms with Crippen LogP contribution in [0.5, 0.6) is 5.75 Å². The molecule has 7 heteroatoms. The van der Waals surface area contributed by atoms with Crippen LogP contribution in [0.4, 0.5) is 5.69 Å². The monoisotopic (exact) mass is 432 g/mol. The van der Waals surface area contributed by atoms with E-state index in [4.69, 9.17) is 4.74 Å². The molecule has 0 saturated carbocycles. The van der Waals surface area contributed by atoms with E-state index < -0.39 is 16.1 Å². The first-order valence-electron chi connectivity index (χ1n) is 10.0. The molecule has 1 amide bonds. The van der Waals surface area contributed by atoms with Gasteiger partial charge in [-0.15, -0.1) is 0 Å². The van der Waals surface area contributed by atoms with Gasteiger partial charge in [-0.25, -0.2) is 8.42 Å². The quantitative estimate of drug-likeness (QED) is 0.683. The van der Waals surface area contributed by atoms with Crippen LogP contribution in [0.1, 0.15) is 48.6 Å². The first-order chi connectivity index (χ1) is 14.0. The number of hydrogen-bond donors (Lipinski definition) is 1. The van der Waals surface area contributed by atoms with Gasteiger partial charge in [0.1, 0.15) is 11.8 Å². The average Bonchev–Trinajstić information content (AvgIpc) is 2.67. The second-order valence-corrected chi connectivity index (χ2v) is 9.56. The minimum atomic E-state index is -3.68. The molecule has 0 fully saturated rings. The number of nitrogens with zero attached hydrogens (tertiary/aromatic N) is 1. The van der Waals surface area contributed by atoms with Crippen LogP contribution >= 0.6 is 0 Å². The van der Waals surface area contributed by atoms with Crippen molar-refractivity contribution in [2.75, 3.05) is 17.7 Å². The maximum atomic E-state index is 13.2. The minimum Gasteiger partial charge on any atom is -0.497 e. The van der Waals surface area contributed by atoms with Crippen LogP contribution in [0.25, 0.3) is 0 Å². The van der Waals surface area contributed by atoms with Gasteiger partial charge in [0.05, 0.1) is 25.1 Å². The van der Waals surface area contributed by atoms with E-state index in [-0.39, 0.29) is 11.9 Å². The van der Waals surface area contributed by atoms with Crippen molar-refractivity contribution in [3.05, 3.63) is 58.7 Å². The fourth-order valence-corrected chi connectivity index (χ4v) is 4.84. The molecular formula is C23H32N2O4S. The normalized spacial score (nSPS) is 13.4. The molecule has 1 N–H and O–H groups in total. The third-order valence-electron chi connectivity index (χ3n) is 5.36. The highest BCUT2D eigenvalue weighted by Crippen LogP contribution is 2.26. The lowest BCUT2D eigenvalue weighted by Crippen LogP contribution is -2.49. The van der Waals surface area contributed by atoms with Gasteiger partial charge in [0.15, 0.2) is 0 Å². The summed E-state index contributed by atoms with van der Waals surface area (Å²) < 4.78 is 31.5. The third-order valence-corrected chi connectivity index (χ3v) is 6.54. The van der Waals surface area contributed by atoms with Crippen molar-refractivity contribution in [2.45, 2.75) is 53.1 Å². The van der Waals surface area contributed by atoms with E-state index in [0.717, 1.165) is 22.9 Å². The van der Waals surface area contributed by atoms with E-state index >= 15 is 0 Å². The maximum Gasteiger partial charge on any atom is 0.244 e. The zero-order valence-electron chi connectivity index (χ0n) is 18.8. The Morgan fingerprint density at radius 3 is 2.13 bits per heavy atom. The number of ether oxygens (including phenoxy) is 1. The number of methoxy groups -OCH3 is 1. The topological polar surface area (TPSA) is 75.7 Å². The number of anilines is 1. The Labute approximate surface area is 180 Å². The standard InChI is InChI=1S/C23H32N2O4S/c1-8-22(25(30(7,27)28)19-9-11-20(29-6)12-10-19)23(26)24-18(5)21-14-16(3)15(2)13-17(21)4/h9-14,18,22H,8H2,1-7H3,(H,24,26)/t18-,22-/m0/s1. The summed E-state index contributed by atoms with van der Waals surface area (Å²) in [5, 5.41) is 3.01. The minimum absolute atomic E-state index is 0.247. The molecule has 0 heterocycles. The number of aryl methyl sites for hydroxylation is 3. The number of hydrogen-bond acceptors (Lipinski definition) is 4. The number of benzene rings is 2. The van der Waals surface area contributed by atoms with Gasteiger partial charge in [0.2, 0.25) is 15.9 Å². The first kappa shape index (κ1) is 23.7. The molecule has 0 radical (unpaired) electrons. The molecule has 2 aromatic carbocycles. The third kappa shape index (κ3) is 5.33. The predicted octanol–water partition coefficient (Wildman–Crippen LogP) is 4.04. The lowest BCUT2D eigenvalue weighted by Gasteiger charge is -2.31. The van der Waals surface area contributed by atoms with Gasteiger partial charge in [-0.3, -0.25) is 9.10 Å². The molecule has 30 heavy (non-hydrogen) atoms. The molecule has 0 spiro atoms. The second-order valence-electron chi connectivity index (χ2n) is 7.70. The zero-order valence-corrected chi connectivity index (χ0v) is 19.6. The van der Waals surface area contributed by atoms with Crippen molar-refractivity contribution in [3.63, 3.8) is 0 Å². The van der Waals surface area contributed by atoms with Crippen molar-refractivity contribution in [3.8, 4) is 5.75 Å². The van der Waals surface area contributed by atoms with E-state index in [2.05, 4.69) is 24.4 Å². The molecule has 2 atom stereocenters. The van der Waals surface area contributed by atoms with Gasteiger partial charge in [-0.1, -0.05) is 19.1 Å². The molecule has 2 aromatic rings. The van der Waals surface area contributed by atoms with Gasteiger partial charge in [-0.05, 0) is 80.6 Å². The Morgan fingerprint density at radius 1 is 1.07 bits per heavy atom. The van der Waals surface area contributed by atoms with Crippen LogP contribution in [0.2, 0.25) is 0 Å². The number of nitrogens with one attached hydrogen (secondary N) is 1. The molecule has 0 aliphatic carbocycles. The first-order valence-corrected chi connectivity index (χ1v) is 11.9. The molecule has 6 nitrogen and oxygen atoms in total. The van der Waals surface area contributed by atoms with Gasteiger partial charge < -0.3 is 10.1 Å². The lowest BCUT2D eigenvalue weighted by molar-refractivity contribution is -0.122. The van der Waals surface area contributed by atoms with Crippen LogP contribution in [0, 0.1) is 20.8 Å². The van der Waals surface area contributed by atoms with Gasteiger partial charge in [0.25, 0.3) is 0 Å². The Kier molecular flexibility index (Phi) is 7.53. The lowest BCUT2D eigenvalue weighted by atomic mass is 9.96. The summed E-state index contributed by atoms with van der Waals surface area (Å²) in [5.74, 6) is 0.285.